The molecule has 5 heteroatoms. The van der Waals surface area contributed by atoms with Gasteiger partial charge in [-0.1, -0.05) is 6.07 Å². The lowest BCUT2D eigenvalue weighted by atomic mass is 10.0. The van der Waals surface area contributed by atoms with Gasteiger partial charge in [0, 0.05) is 12.1 Å². The van der Waals surface area contributed by atoms with Crippen molar-refractivity contribution >= 4 is 11.6 Å². The van der Waals surface area contributed by atoms with Gasteiger partial charge in [-0.2, -0.15) is 0 Å². The number of hydrogen-bond donors (Lipinski definition) is 2. The smallest absolute Gasteiger partial charge is 0.244 e. The summed E-state index contributed by atoms with van der Waals surface area (Å²) in [4.78, 5) is 11.7. The lowest BCUT2D eigenvalue weighted by Crippen LogP contribution is -2.27. The van der Waals surface area contributed by atoms with Gasteiger partial charge in [0.25, 0.3) is 0 Å². The Hall–Kier alpha value is -2.56. The number of hydrogen-bond acceptors (Lipinski definition) is 3. The zero-order valence-electron chi connectivity index (χ0n) is 11.3. The van der Waals surface area contributed by atoms with Crippen LogP contribution in [0.5, 0.6) is 5.75 Å². The molecule has 3 N–H and O–H groups in total. The van der Waals surface area contributed by atoms with Gasteiger partial charge in [-0.05, 0) is 47.5 Å². The Kier molecular flexibility index (Phi) is 3.48. The van der Waals surface area contributed by atoms with Crippen LogP contribution in [0.3, 0.4) is 0 Å². The Bertz CT molecular complexity index is 670. The number of ether oxygens (including phenoxy) is 1. The van der Waals surface area contributed by atoms with E-state index in [1.54, 1.807) is 12.1 Å². The summed E-state index contributed by atoms with van der Waals surface area (Å²) in [6, 6.07) is 10.7. The molecule has 1 amide bonds. The molecular formula is C16H15FN2O2. The molecule has 2 aromatic rings. The third kappa shape index (κ3) is 2.81. The molecule has 1 atom stereocenters. The number of anilines is 1. The maximum Gasteiger partial charge on any atom is 0.244 e. The van der Waals surface area contributed by atoms with Crippen molar-refractivity contribution in [2.45, 2.75) is 12.5 Å². The molecule has 1 unspecified atom stereocenters. The van der Waals surface area contributed by atoms with Crippen molar-refractivity contribution < 1.29 is 13.9 Å². The number of nitrogens with one attached hydrogen (secondary N) is 1. The maximum absolute atomic E-state index is 12.9. The zero-order valence-corrected chi connectivity index (χ0v) is 11.3. The summed E-state index contributed by atoms with van der Waals surface area (Å²) in [6.45, 7) is 0.658. The van der Waals surface area contributed by atoms with Crippen LogP contribution in [-0.4, -0.2) is 12.5 Å². The fourth-order valence-electron chi connectivity index (χ4n) is 2.42. The van der Waals surface area contributed by atoms with Crippen molar-refractivity contribution in [2.75, 3.05) is 11.9 Å². The predicted molar refractivity (Wildman–Crippen MR) is 77.6 cm³/mol. The van der Waals surface area contributed by atoms with E-state index >= 15 is 0 Å². The van der Waals surface area contributed by atoms with E-state index in [2.05, 4.69) is 5.32 Å². The van der Waals surface area contributed by atoms with Crippen LogP contribution in [0.15, 0.2) is 42.5 Å². The Labute approximate surface area is 121 Å². The highest BCUT2D eigenvalue weighted by Gasteiger charge is 2.21. The predicted octanol–water partition coefficient (Wildman–Crippen LogP) is 2.40. The number of amides is 1. The average Bonchev–Trinajstić information content (AvgIpc) is 2.93. The molecule has 0 aliphatic carbocycles. The Morgan fingerprint density at radius 2 is 2.00 bits per heavy atom. The number of fused-ring (bicyclic) bond motifs is 1. The maximum atomic E-state index is 12.9. The molecular weight excluding hydrogens is 271 g/mol. The van der Waals surface area contributed by atoms with Gasteiger partial charge in [0.15, 0.2) is 0 Å². The molecule has 0 saturated carbocycles. The van der Waals surface area contributed by atoms with Gasteiger partial charge in [0.05, 0.1) is 6.61 Å². The fraction of sp³-hybridized carbons (Fsp3) is 0.188. The molecule has 1 aliphatic rings. The van der Waals surface area contributed by atoms with E-state index < -0.39 is 11.9 Å². The van der Waals surface area contributed by atoms with Gasteiger partial charge in [0.1, 0.15) is 17.6 Å². The molecule has 0 aromatic heterocycles. The Morgan fingerprint density at radius 3 is 2.71 bits per heavy atom. The second-order valence-electron chi connectivity index (χ2n) is 4.95. The van der Waals surface area contributed by atoms with Gasteiger partial charge in [-0.15, -0.1) is 0 Å². The summed E-state index contributed by atoms with van der Waals surface area (Å²) in [7, 11) is 0. The molecule has 1 aliphatic heterocycles. The molecule has 3 rings (SSSR count). The minimum atomic E-state index is -0.665. The summed E-state index contributed by atoms with van der Waals surface area (Å²) >= 11 is 0. The molecule has 0 fully saturated rings. The zero-order chi connectivity index (χ0) is 14.8. The number of nitrogens with two attached hydrogens (primary N) is 1. The molecule has 2 aromatic carbocycles. The van der Waals surface area contributed by atoms with Crippen LogP contribution in [0.25, 0.3) is 0 Å². The van der Waals surface area contributed by atoms with Crippen molar-refractivity contribution in [1.29, 1.82) is 0 Å². The second kappa shape index (κ2) is 5.44. The first-order chi connectivity index (χ1) is 10.1. The largest absolute Gasteiger partial charge is 0.493 e. The topological polar surface area (TPSA) is 64.4 Å². The monoisotopic (exact) mass is 286 g/mol. The molecule has 108 valence electrons. The van der Waals surface area contributed by atoms with E-state index in [1.807, 2.05) is 18.2 Å². The molecule has 0 saturated heterocycles. The van der Waals surface area contributed by atoms with Gasteiger partial charge in [0.2, 0.25) is 5.91 Å². The fourth-order valence-corrected chi connectivity index (χ4v) is 2.42. The normalized spacial score (nSPS) is 14.1. The minimum absolute atomic E-state index is 0.328. The molecule has 1 heterocycles. The second-order valence-corrected chi connectivity index (χ2v) is 4.95. The van der Waals surface area contributed by atoms with Crippen LogP contribution in [0.2, 0.25) is 0 Å². The first kappa shape index (κ1) is 13.4. The molecule has 0 bridgehead atoms. The Balaban J connectivity index is 1.87. The summed E-state index contributed by atoms with van der Waals surface area (Å²) in [5, 5.41) is 3.03. The van der Waals surface area contributed by atoms with E-state index in [4.69, 9.17) is 10.5 Å². The Morgan fingerprint density at radius 1 is 1.24 bits per heavy atom. The van der Waals surface area contributed by atoms with Crippen molar-refractivity contribution in [3.05, 3.63) is 59.4 Å². The van der Waals surface area contributed by atoms with Crippen LogP contribution >= 0.6 is 0 Å². The summed E-state index contributed by atoms with van der Waals surface area (Å²) in [5.74, 6) is 0.0350. The summed E-state index contributed by atoms with van der Waals surface area (Å²) in [6.07, 6.45) is 0.825. The van der Waals surface area contributed by atoms with Crippen LogP contribution in [0.1, 0.15) is 17.2 Å². The SMILES string of the molecule is NC(=O)C(Nc1ccc(F)cc1)c1ccc2c(c1)CCO2. The van der Waals surface area contributed by atoms with Crippen LogP contribution in [-0.2, 0) is 11.2 Å². The number of carbonyl (C=O) groups excluding carboxylic acids is 1. The summed E-state index contributed by atoms with van der Waals surface area (Å²) < 4.78 is 18.4. The van der Waals surface area contributed by atoms with Gasteiger partial charge in [-0.25, -0.2) is 4.39 Å². The third-order valence-corrected chi connectivity index (χ3v) is 3.49. The first-order valence-corrected chi connectivity index (χ1v) is 6.70. The van der Waals surface area contributed by atoms with E-state index in [0.717, 1.165) is 23.3 Å². The van der Waals surface area contributed by atoms with E-state index in [-0.39, 0.29) is 5.82 Å². The van der Waals surface area contributed by atoms with Crippen molar-refractivity contribution in [3.63, 3.8) is 0 Å². The lowest BCUT2D eigenvalue weighted by Gasteiger charge is -2.18. The van der Waals surface area contributed by atoms with Crippen molar-refractivity contribution in [2.24, 2.45) is 5.73 Å². The quantitative estimate of drug-likeness (QED) is 0.907. The molecule has 0 radical (unpaired) electrons. The van der Waals surface area contributed by atoms with E-state index in [0.29, 0.717) is 12.3 Å². The third-order valence-electron chi connectivity index (χ3n) is 3.49. The highest BCUT2D eigenvalue weighted by Crippen LogP contribution is 2.29. The standard InChI is InChI=1S/C16H15FN2O2/c17-12-2-4-13(5-3-12)19-15(16(18)20)11-1-6-14-10(9-11)7-8-21-14/h1-6,9,15,19H,7-8H2,(H2,18,20). The van der Waals surface area contributed by atoms with Crippen LogP contribution < -0.4 is 15.8 Å². The van der Waals surface area contributed by atoms with Gasteiger partial charge >= 0.3 is 0 Å². The van der Waals surface area contributed by atoms with Gasteiger partial charge in [-0.3, -0.25) is 4.79 Å². The van der Waals surface area contributed by atoms with Crippen LogP contribution in [0.4, 0.5) is 10.1 Å². The molecule has 21 heavy (non-hydrogen) atoms. The minimum Gasteiger partial charge on any atom is -0.493 e. The lowest BCUT2D eigenvalue weighted by molar-refractivity contribution is -0.118. The van der Waals surface area contributed by atoms with E-state index in [9.17, 15) is 9.18 Å². The number of rotatable bonds is 4. The number of primary amides is 1. The van der Waals surface area contributed by atoms with Crippen LogP contribution in [0, 0.1) is 5.82 Å². The van der Waals surface area contributed by atoms with Crippen molar-refractivity contribution in [1.82, 2.24) is 0 Å². The van der Waals surface area contributed by atoms with Crippen molar-refractivity contribution in [3.8, 4) is 5.75 Å². The van der Waals surface area contributed by atoms with E-state index in [1.165, 1.54) is 12.1 Å². The number of carbonyl (C=O) groups is 1. The number of halogens is 1. The highest BCUT2D eigenvalue weighted by atomic mass is 19.1. The summed E-state index contributed by atoms with van der Waals surface area (Å²) in [5.41, 5.74) is 7.96. The number of benzene rings is 2. The first-order valence-electron chi connectivity index (χ1n) is 6.70. The molecule has 4 nitrogen and oxygen atoms in total. The highest BCUT2D eigenvalue weighted by molar-refractivity contribution is 5.84. The molecule has 0 spiro atoms. The average molecular weight is 286 g/mol. The van der Waals surface area contributed by atoms with Gasteiger partial charge < -0.3 is 15.8 Å².